The zero-order valence-electron chi connectivity index (χ0n) is 23.1. The summed E-state index contributed by atoms with van der Waals surface area (Å²) in [5, 5.41) is 27.6. The van der Waals surface area contributed by atoms with Crippen molar-refractivity contribution >= 4 is 19.5 Å². The molecule has 0 amide bonds. The predicted octanol–water partition coefficient (Wildman–Crippen LogP) is 2.32. The van der Waals surface area contributed by atoms with Gasteiger partial charge in [-0.05, 0) is 43.1 Å². The molecule has 2 heterocycles. The SMILES string of the molecule is Cc1ccc(OP(=O)(N[C@@H](C)C(=O)OCc2ccccc2)OC[C@@]2(N=[N+]=[N-])O[C@@H](n3ccc(N)nc3=O)[C@H](O)[C@@H]2O)cc1. The summed E-state index contributed by atoms with van der Waals surface area (Å²) in [6.45, 7) is 2.19. The first-order chi connectivity index (χ1) is 20.4. The van der Waals surface area contributed by atoms with Gasteiger partial charge >= 0.3 is 19.4 Å². The molecule has 1 saturated heterocycles. The fourth-order valence-corrected chi connectivity index (χ4v) is 5.58. The van der Waals surface area contributed by atoms with Crippen LogP contribution in [0, 0.1) is 6.92 Å². The van der Waals surface area contributed by atoms with Crippen LogP contribution >= 0.6 is 7.75 Å². The number of carbonyl (C=O) groups is 1. The van der Waals surface area contributed by atoms with E-state index in [4.69, 9.17) is 24.3 Å². The van der Waals surface area contributed by atoms with E-state index in [9.17, 15) is 29.9 Å². The summed E-state index contributed by atoms with van der Waals surface area (Å²) in [7, 11) is -4.54. The molecule has 0 spiro atoms. The van der Waals surface area contributed by atoms with Crippen LogP contribution in [0.15, 0.2) is 76.8 Å². The lowest BCUT2D eigenvalue weighted by Gasteiger charge is -2.29. The number of aryl methyl sites for hydroxylation is 1. The maximum absolute atomic E-state index is 14.0. The van der Waals surface area contributed by atoms with Gasteiger partial charge in [-0.2, -0.15) is 10.1 Å². The number of aromatic nitrogens is 2. The van der Waals surface area contributed by atoms with Crippen LogP contribution in [-0.4, -0.2) is 56.3 Å². The molecule has 0 radical (unpaired) electrons. The number of nitrogens with zero attached hydrogens (tertiary/aromatic N) is 5. The minimum Gasteiger partial charge on any atom is -0.460 e. The molecule has 0 aliphatic carbocycles. The molecule has 1 aliphatic rings. The van der Waals surface area contributed by atoms with Crippen molar-refractivity contribution < 1.29 is 38.1 Å². The Hall–Kier alpha value is -4.27. The molecule has 4 rings (SSSR count). The number of aliphatic hydroxyl groups is 2. The van der Waals surface area contributed by atoms with Crippen LogP contribution in [0.3, 0.4) is 0 Å². The molecule has 1 unspecified atom stereocenters. The van der Waals surface area contributed by atoms with Crippen LogP contribution in [-0.2, 0) is 30.0 Å². The number of rotatable bonds is 12. The molecular weight excluding hydrogens is 585 g/mol. The number of nitrogen functional groups attached to an aromatic ring is 1. The number of nitrogens with one attached hydrogen (secondary N) is 1. The number of azide groups is 1. The van der Waals surface area contributed by atoms with E-state index in [1.54, 1.807) is 36.4 Å². The van der Waals surface area contributed by atoms with Crippen LogP contribution in [0.1, 0.15) is 24.3 Å². The highest BCUT2D eigenvalue weighted by Gasteiger charge is 2.56. The molecule has 1 aliphatic heterocycles. The van der Waals surface area contributed by atoms with E-state index in [-0.39, 0.29) is 18.2 Å². The minimum atomic E-state index is -4.54. The van der Waals surface area contributed by atoms with Gasteiger partial charge in [0.25, 0.3) is 0 Å². The second-order valence-corrected chi connectivity index (χ2v) is 11.3. The second-order valence-electron chi connectivity index (χ2n) is 9.64. The summed E-state index contributed by atoms with van der Waals surface area (Å²) in [5.41, 5.74) is 13.1. The lowest BCUT2D eigenvalue weighted by molar-refractivity contribution is -0.146. The Balaban J connectivity index is 1.57. The average molecular weight is 616 g/mol. The Labute approximate surface area is 245 Å². The molecule has 0 saturated carbocycles. The van der Waals surface area contributed by atoms with Gasteiger partial charge in [0.05, 0.1) is 6.61 Å². The van der Waals surface area contributed by atoms with Crippen LogP contribution in [0.2, 0.25) is 0 Å². The molecule has 16 nitrogen and oxygen atoms in total. The number of nitrogens with two attached hydrogens (primary N) is 1. The Kier molecular flexibility index (Phi) is 9.84. The molecule has 228 valence electrons. The van der Waals surface area contributed by atoms with Gasteiger partial charge < -0.3 is 29.9 Å². The number of hydrogen-bond donors (Lipinski definition) is 4. The summed E-state index contributed by atoms with van der Waals surface area (Å²) >= 11 is 0. The molecule has 2 aromatic carbocycles. The van der Waals surface area contributed by atoms with Gasteiger partial charge in [0.15, 0.2) is 6.23 Å². The number of ether oxygens (including phenoxy) is 2. The summed E-state index contributed by atoms with van der Waals surface area (Å²) in [5.74, 6) is -0.794. The van der Waals surface area contributed by atoms with E-state index in [0.29, 0.717) is 0 Å². The van der Waals surface area contributed by atoms with Crippen molar-refractivity contribution in [3.8, 4) is 5.75 Å². The van der Waals surface area contributed by atoms with Crippen molar-refractivity contribution in [3.63, 3.8) is 0 Å². The highest BCUT2D eigenvalue weighted by Crippen LogP contribution is 2.48. The van der Waals surface area contributed by atoms with Gasteiger partial charge in [-0.25, -0.2) is 9.36 Å². The van der Waals surface area contributed by atoms with E-state index in [2.05, 4.69) is 20.1 Å². The third kappa shape index (κ3) is 7.58. The van der Waals surface area contributed by atoms with Gasteiger partial charge in [-0.1, -0.05) is 53.1 Å². The van der Waals surface area contributed by atoms with Crippen LogP contribution in [0.4, 0.5) is 5.82 Å². The van der Waals surface area contributed by atoms with Crippen LogP contribution in [0.5, 0.6) is 5.75 Å². The smallest absolute Gasteiger partial charge is 0.459 e. The van der Waals surface area contributed by atoms with E-state index >= 15 is 0 Å². The Morgan fingerprint density at radius 1 is 1.26 bits per heavy atom. The van der Waals surface area contributed by atoms with Gasteiger partial charge in [0.2, 0.25) is 5.72 Å². The summed E-state index contributed by atoms with van der Waals surface area (Å²) < 4.78 is 37.0. The number of hydrogen-bond acceptors (Lipinski definition) is 12. The topological polar surface area (TPSA) is 233 Å². The molecule has 43 heavy (non-hydrogen) atoms. The lowest BCUT2D eigenvalue weighted by Crippen LogP contribution is -2.45. The number of carbonyl (C=O) groups excluding carboxylic acids is 1. The van der Waals surface area contributed by atoms with Crippen molar-refractivity contribution in [1.82, 2.24) is 14.6 Å². The lowest BCUT2D eigenvalue weighted by atomic mass is 10.1. The molecule has 1 fully saturated rings. The van der Waals surface area contributed by atoms with Gasteiger partial charge in [-0.15, -0.1) is 0 Å². The first kappa shape index (κ1) is 31.7. The highest BCUT2D eigenvalue weighted by molar-refractivity contribution is 7.52. The third-order valence-corrected chi connectivity index (χ3v) is 7.98. The predicted molar refractivity (Wildman–Crippen MR) is 151 cm³/mol. The maximum atomic E-state index is 14.0. The summed E-state index contributed by atoms with van der Waals surface area (Å²) in [4.78, 5) is 31.3. The third-order valence-electron chi connectivity index (χ3n) is 6.36. The fraction of sp³-hybridized carbons (Fsp3) is 0.346. The van der Waals surface area contributed by atoms with Crippen molar-refractivity contribution in [1.29, 1.82) is 0 Å². The fourth-order valence-electron chi connectivity index (χ4n) is 4.07. The Morgan fingerprint density at radius 2 is 1.95 bits per heavy atom. The van der Waals surface area contributed by atoms with Crippen molar-refractivity contribution in [2.45, 2.75) is 50.7 Å². The number of esters is 1. The van der Waals surface area contributed by atoms with Gasteiger partial charge in [0, 0.05) is 11.1 Å². The first-order valence-corrected chi connectivity index (χ1v) is 14.4. The standard InChI is InChI=1S/C26H30N7O9P/c1-16-8-10-19(11-9-16)42-43(38,30-17(2)24(36)39-14-18-6-4-3-5-7-18)40-15-26(31-32-28)22(35)21(34)23(41-26)33-13-12-20(27)29-25(33)37/h3-13,17,21-23,34-35H,14-15H2,1-2H3,(H,30,38)(H2,27,29,37)/t17-,21+,22-,23+,26+,43?/m0/s1. The van der Waals surface area contributed by atoms with Crippen LogP contribution < -0.4 is 21.0 Å². The van der Waals surface area contributed by atoms with Gasteiger partial charge in [-0.3, -0.25) is 13.9 Å². The quantitative estimate of drug-likeness (QED) is 0.0755. The second kappa shape index (κ2) is 13.4. The van der Waals surface area contributed by atoms with Gasteiger partial charge in [0.1, 0.15) is 36.4 Å². The zero-order valence-corrected chi connectivity index (χ0v) is 24.0. The number of aliphatic hydroxyl groups excluding tert-OH is 2. The average Bonchev–Trinajstić information content (AvgIpc) is 3.22. The molecule has 3 aromatic rings. The molecular formula is C26H30N7O9P. The number of anilines is 1. The van der Waals surface area contributed by atoms with Crippen LogP contribution in [0.25, 0.3) is 10.4 Å². The normalized spacial score (nSPS) is 23.5. The minimum absolute atomic E-state index is 0.0473. The molecule has 17 heteroatoms. The molecule has 1 aromatic heterocycles. The molecule has 0 bridgehead atoms. The monoisotopic (exact) mass is 615 g/mol. The highest BCUT2D eigenvalue weighted by atomic mass is 31.2. The van der Waals surface area contributed by atoms with E-state index < -0.39 is 56.2 Å². The van der Waals surface area contributed by atoms with E-state index in [1.807, 2.05) is 13.0 Å². The number of benzene rings is 2. The summed E-state index contributed by atoms with van der Waals surface area (Å²) in [6, 6.07) is 15.3. The maximum Gasteiger partial charge on any atom is 0.459 e. The molecule has 5 N–H and O–H groups in total. The van der Waals surface area contributed by atoms with Crippen molar-refractivity contribution in [2.75, 3.05) is 12.3 Å². The molecule has 6 atom stereocenters. The largest absolute Gasteiger partial charge is 0.460 e. The van der Waals surface area contributed by atoms with Crippen molar-refractivity contribution in [3.05, 3.63) is 98.9 Å². The Bertz CT molecular complexity index is 1580. The first-order valence-electron chi connectivity index (χ1n) is 12.9. The summed E-state index contributed by atoms with van der Waals surface area (Å²) in [6.07, 6.45) is -4.23. The zero-order chi connectivity index (χ0) is 31.2. The van der Waals surface area contributed by atoms with E-state index in [0.717, 1.165) is 21.9 Å². The van der Waals surface area contributed by atoms with Crippen molar-refractivity contribution in [2.24, 2.45) is 5.11 Å². The van der Waals surface area contributed by atoms with E-state index in [1.165, 1.54) is 25.1 Å². The Morgan fingerprint density at radius 3 is 2.60 bits per heavy atom.